The lowest BCUT2D eigenvalue weighted by Gasteiger charge is -2.30. The van der Waals surface area contributed by atoms with Gasteiger partial charge in [0.1, 0.15) is 5.82 Å². The normalized spacial score (nSPS) is 12.4. The summed E-state index contributed by atoms with van der Waals surface area (Å²) >= 11 is 0. The number of carbonyl (C=O) groups is 1. The summed E-state index contributed by atoms with van der Waals surface area (Å²) in [5.41, 5.74) is 0.253. The zero-order valence-corrected chi connectivity index (χ0v) is 19.8. The first kappa shape index (κ1) is 25.0. The minimum absolute atomic E-state index is 0.0134. The van der Waals surface area contributed by atoms with Crippen LogP contribution in [-0.2, 0) is 19.3 Å². The highest BCUT2D eigenvalue weighted by molar-refractivity contribution is 5.89. The summed E-state index contributed by atoms with van der Waals surface area (Å²) < 4.78 is 41.1. The molecule has 0 bridgehead atoms. The number of benzene rings is 3. The van der Waals surface area contributed by atoms with Gasteiger partial charge in [0.15, 0.2) is 0 Å². The number of halogens is 3. The standard InChI is InChI=1S/C27H25F3N4O2/c1-3-33-24(32-23-15-8-7-14-22(23)25(33)35)18(2)34(17-19-10-5-4-6-11-19)26(36)31-21-13-9-12-20(16-21)27(28,29)30/h4-16,18H,3,17H2,1-2H3,(H,31,36). The topological polar surface area (TPSA) is 67.2 Å². The number of para-hydroxylation sites is 1. The lowest BCUT2D eigenvalue weighted by molar-refractivity contribution is -0.137. The van der Waals surface area contributed by atoms with Crippen molar-refractivity contribution in [2.24, 2.45) is 0 Å². The van der Waals surface area contributed by atoms with Gasteiger partial charge in [0.05, 0.1) is 22.5 Å². The number of rotatable bonds is 6. The molecule has 0 aliphatic carbocycles. The fraction of sp³-hybridized carbons (Fsp3) is 0.222. The molecule has 6 nitrogen and oxygen atoms in total. The fourth-order valence-electron chi connectivity index (χ4n) is 4.08. The van der Waals surface area contributed by atoms with Crippen LogP contribution in [0, 0.1) is 0 Å². The molecule has 3 aromatic carbocycles. The van der Waals surface area contributed by atoms with Crippen LogP contribution in [0.2, 0.25) is 0 Å². The van der Waals surface area contributed by atoms with Gasteiger partial charge >= 0.3 is 12.2 Å². The summed E-state index contributed by atoms with van der Waals surface area (Å²) in [6.07, 6.45) is -4.54. The zero-order chi connectivity index (χ0) is 25.9. The number of nitrogens with one attached hydrogen (secondary N) is 1. The number of carbonyl (C=O) groups excluding carboxylic acids is 1. The SMILES string of the molecule is CCn1c(C(C)N(Cc2ccccc2)C(=O)Nc2cccc(C(F)(F)F)c2)nc2ccccc2c1=O. The molecule has 0 spiro atoms. The van der Waals surface area contributed by atoms with Crippen LogP contribution in [0.15, 0.2) is 83.7 Å². The smallest absolute Gasteiger partial charge is 0.310 e. The van der Waals surface area contributed by atoms with E-state index < -0.39 is 23.8 Å². The number of urea groups is 1. The Morgan fingerprint density at radius 2 is 1.72 bits per heavy atom. The number of nitrogens with zero attached hydrogens (tertiary/aromatic N) is 3. The Balaban J connectivity index is 1.75. The Kier molecular flexibility index (Phi) is 7.10. The van der Waals surface area contributed by atoms with Crippen molar-refractivity contribution in [3.05, 3.63) is 106 Å². The number of hydrogen-bond donors (Lipinski definition) is 1. The van der Waals surface area contributed by atoms with Gasteiger partial charge in [-0.1, -0.05) is 48.5 Å². The van der Waals surface area contributed by atoms with E-state index in [2.05, 4.69) is 5.32 Å². The highest BCUT2D eigenvalue weighted by atomic mass is 19.4. The predicted molar refractivity (Wildman–Crippen MR) is 133 cm³/mol. The molecule has 0 aliphatic heterocycles. The highest BCUT2D eigenvalue weighted by Crippen LogP contribution is 2.31. The van der Waals surface area contributed by atoms with Gasteiger partial charge < -0.3 is 10.2 Å². The summed E-state index contributed by atoms with van der Waals surface area (Å²) in [5.74, 6) is 0.385. The molecule has 186 valence electrons. The summed E-state index contributed by atoms with van der Waals surface area (Å²) in [7, 11) is 0. The van der Waals surface area contributed by atoms with Gasteiger partial charge in [0, 0.05) is 18.8 Å². The van der Waals surface area contributed by atoms with Crippen molar-refractivity contribution in [1.29, 1.82) is 0 Å². The van der Waals surface area contributed by atoms with E-state index in [0.717, 1.165) is 17.7 Å². The monoisotopic (exact) mass is 494 g/mol. The van der Waals surface area contributed by atoms with Crippen LogP contribution in [-0.4, -0.2) is 20.5 Å². The molecule has 9 heteroatoms. The molecule has 1 aromatic heterocycles. The van der Waals surface area contributed by atoms with Crippen molar-refractivity contribution < 1.29 is 18.0 Å². The number of anilines is 1. The Labute approximate surface area is 206 Å². The van der Waals surface area contributed by atoms with Crippen molar-refractivity contribution >= 4 is 22.6 Å². The van der Waals surface area contributed by atoms with Crippen LogP contribution in [0.1, 0.15) is 36.8 Å². The number of fused-ring (bicyclic) bond motifs is 1. The van der Waals surface area contributed by atoms with Crippen LogP contribution >= 0.6 is 0 Å². The van der Waals surface area contributed by atoms with E-state index in [0.29, 0.717) is 23.3 Å². The second kappa shape index (κ2) is 10.2. The molecular weight excluding hydrogens is 469 g/mol. The van der Waals surface area contributed by atoms with Gasteiger partial charge in [0.2, 0.25) is 0 Å². The number of alkyl halides is 3. The Morgan fingerprint density at radius 1 is 1.03 bits per heavy atom. The molecule has 0 radical (unpaired) electrons. The molecule has 4 rings (SSSR count). The van der Waals surface area contributed by atoms with E-state index in [1.165, 1.54) is 21.6 Å². The van der Waals surface area contributed by atoms with Crippen LogP contribution in [0.3, 0.4) is 0 Å². The van der Waals surface area contributed by atoms with Gasteiger partial charge in [-0.2, -0.15) is 13.2 Å². The quantitative estimate of drug-likeness (QED) is 0.346. The maximum Gasteiger partial charge on any atom is 0.416 e. The maximum atomic E-state index is 13.5. The van der Waals surface area contributed by atoms with Crippen LogP contribution in [0.25, 0.3) is 10.9 Å². The second-order valence-electron chi connectivity index (χ2n) is 8.33. The predicted octanol–water partition coefficient (Wildman–Crippen LogP) is 6.23. The van der Waals surface area contributed by atoms with Crippen LogP contribution in [0.5, 0.6) is 0 Å². The summed E-state index contributed by atoms with van der Waals surface area (Å²) in [4.78, 5) is 32.8. The number of aromatic nitrogens is 2. The zero-order valence-electron chi connectivity index (χ0n) is 19.8. The van der Waals surface area contributed by atoms with Crippen molar-refractivity contribution in [3.63, 3.8) is 0 Å². The molecule has 1 heterocycles. The van der Waals surface area contributed by atoms with Crippen LogP contribution < -0.4 is 10.9 Å². The minimum Gasteiger partial charge on any atom is -0.310 e. The highest BCUT2D eigenvalue weighted by Gasteiger charge is 2.31. The number of amides is 2. The van der Waals surface area contributed by atoms with Crippen molar-refractivity contribution in [3.8, 4) is 0 Å². The third-order valence-electron chi connectivity index (χ3n) is 5.95. The van der Waals surface area contributed by atoms with E-state index in [1.807, 2.05) is 37.3 Å². The molecule has 1 N–H and O–H groups in total. The van der Waals surface area contributed by atoms with Crippen molar-refractivity contribution in [2.75, 3.05) is 5.32 Å². The summed E-state index contributed by atoms with van der Waals surface area (Å²) in [5, 5.41) is 3.06. The first-order valence-corrected chi connectivity index (χ1v) is 11.5. The molecular formula is C27H25F3N4O2. The van der Waals surface area contributed by atoms with E-state index in [4.69, 9.17) is 4.98 Å². The van der Waals surface area contributed by atoms with Gasteiger partial charge in [-0.3, -0.25) is 9.36 Å². The average molecular weight is 495 g/mol. The lowest BCUT2D eigenvalue weighted by atomic mass is 10.1. The third kappa shape index (κ3) is 5.25. The van der Waals surface area contributed by atoms with Crippen molar-refractivity contribution in [1.82, 2.24) is 14.5 Å². The Hall–Kier alpha value is -4.14. The molecule has 0 fully saturated rings. The summed E-state index contributed by atoms with van der Waals surface area (Å²) in [6.45, 7) is 4.06. The maximum absolute atomic E-state index is 13.5. The molecule has 0 saturated heterocycles. The van der Waals surface area contributed by atoms with E-state index in [1.54, 1.807) is 31.2 Å². The van der Waals surface area contributed by atoms with E-state index in [-0.39, 0.29) is 17.8 Å². The molecule has 1 atom stereocenters. The molecule has 4 aromatic rings. The van der Waals surface area contributed by atoms with Crippen LogP contribution in [0.4, 0.5) is 23.7 Å². The van der Waals surface area contributed by atoms with Crippen molar-refractivity contribution in [2.45, 2.75) is 39.2 Å². The minimum atomic E-state index is -4.54. The Bertz CT molecular complexity index is 1430. The molecule has 0 aliphatic rings. The molecule has 2 amide bonds. The third-order valence-corrected chi connectivity index (χ3v) is 5.95. The Morgan fingerprint density at radius 3 is 2.42 bits per heavy atom. The summed E-state index contributed by atoms with van der Waals surface area (Å²) in [6, 6.07) is 19.4. The lowest BCUT2D eigenvalue weighted by Crippen LogP contribution is -2.39. The second-order valence-corrected chi connectivity index (χ2v) is 8.33. The largest absolute Gasteiger partial charge is 0.416 e. The average Bonchev–Trinajstić information content (AvgIpc) is 2.87. The first-order chi connectivity index (χ1) is 17.2. The molecule has 1 unspecified atom stereocenters. The number of hydrogen-bond acceptors (Lipinski definition) is 3. The molecule has 0 saturated carbocycles. The molecule has 36 heavy (non-hydrogen) atoms. The van der Waals surface area contributed by atoms with Gasteiger partial charge in [-0.15, -0.1) is 0 Å². The van der Waals surface area contributed by atoms with E-state index >= 15 is 0 Å². The first-order valence-electron chi connectivity index (χ1n) is 11.5. The fourth-order valence-corrected chi connectivity index (χ4v) is 4.08. The van der Waals surface area contributed by atoms with Gasteiger partial charge in [-0.25, -0.2) is 9.78 Å². The van der Waals surface area contributed by atoms with Gasteiger partial charge in [0.25, 0.3) is 5.56 Å². The van der Waals surface area contributed by atoms with Gasteiger partial charge in [-0.05, 0) is 49.7 Å². The van der Waals surface area contributed by atoms with E-state index in [9.17, 15) is 22.8 Å².